The largest absolute Gasteiger partial charge is 0.416 e. The minimum atomic E-state index is -4.62. The van der Waals surface area contributed by atoms with Crippen LogP contribution in [-0.4, -0.2) is 76.4 Å². The summed E-state index contributed by atoms with van der Waals surface area (Å²) in [6.45, 7) is 6.95. The molecule has 1 aromatic heterocycles. The second kappa shape index (κ2) is 11.0. The number of aromatic nitrogens is 3. The number of piperazine rings is 1. The Hall–Kier alpha value is -3.35. The molecule has 12 heteroatoms. The molecule has 8 nitrogen and oxygen atoms in total. The van der Waals surface area contributed by atoms with Gasteiger partial charge in [-0.15, -0.1) is 10.2 Å². The van der Waals surface area contributed by atoms with Gasteiger partial charge in [0, 0.05) is 50.5 Å². The summed E-state index contributed by atoms with van der Waals surface area (Å²) in [5.41, 5.74) is -0.335. The fraction of sp³-hybridized carbons (Fsp3) is 0.516. The summed E-state index contributed by atoms with van der Waals surface area (Å²) in [5, 5.41) is 7.73. The number of benzene rings is 2. The molecule has 0 N–H and O–H groups in total. The maximum atomic E-state index is 15.9. The van der Waals surface area contributed by atoms with Crippen LogP contribution in [0.15, 0.2) is 42.7 Å². The number of rotatable bonds is 7. The first kappa shape index (κ1) is 29.7. The number of aryl methyl sites for hydroxylation is 1. The van der Waals surface area contributed by atoms with E-state index in [0.29, 0.717) is 29.3 Å². The molecule has 4 heterocycles. The Balaban J connectivity index is 1.32. The van der Waals surface area contributed by atoms with Crippen LogP contribution in [0, 0.1) is 5.92 Å². The Morgan fingerprint density at radius 1 is 1.12 bits per heavy atom. The first-order valence-electron chi connectivity index (χ1n) is 14.5. The highest BCUT2D eigenvalue weighted by atomic mass is 19.4. The number of ether oxygens (including phenoxy) is 1. The van der Waals surface area contributed by atoms with Crippen molar-refractivity contribution in [1.82, 2.24) is 24.6 Å². The van der Waals surface area contributed by atoms with Crippen molar-refractivity contribution < 1.29 is 27.1 Å². The molecule has 0 spiro atoms. The highest BCUT2D eigenvalue weighted by Crippen LogP contribution is 2.47. The molecule has 2 atom stereocenters. The molecule has 230 valence electrons. The molecule has 2 aromatic carbocycles. The van der Waals surface area contributed by atoms with Gasteiger partial charge in [0.15, 0.2) is 12.0 Å². The number of fused-ring (bicyclic) bond motifs is 1. The van der Waals surface area contributed by atoms with Gasteiger partial charge >= 0.3 is 6.18 Å². The van der Waals surface area contributed by atoms with Gasteiger partial charge in [0.05, 0.1) is 30.7 Å². The van der Waals surface area contributed by atoms with Crippen LogP contribution in [0.3, 0.4) is 0 Å². The molecule has 3 aliphatic heterocycles. The minimum absolute atomic E-state index is 0.0328. The summed E-state index contributed by atoms with van der Waals surface area (Å²) in [7, 11) is 3.71. The monoisotopic (exact) mass is 600 g/mol. The van der Waals surface area contributed by atoms with Gasteiger partial charge in [-0.3, -0.25) is 9.69 Å². The molecule has 3 aliphatic rings. The first-order chi connectivity index (χ1) is 20.4. The molecular formula is C31H36F4N6O2. The average Bonchev–Trinajstić information content (AvgIpc) is 3.51. The van der Waals surface area contributed by atoms with E-state index < -0.39 is 29.2 Å². The number of amides is 1. The van der Waals surface area contributed by atoms with Crippen LogP contribution in [0.2, 0.25) is 0 Å². The summed E-state index contributed by atoms with van der Waals surface area (Å²) in [6.07, 6.45) is -4.73. The number of alkyl halides is 4. The smallest absolute Gasteiger partial charge is 0.379 e. The molecule has 43 heavy (non-hydrogen) atoms. The SMILES string of the molecule is CC(C)C1CN(C)CCN1Cc1cc2c(c(C(F)(F)F)c1)CN(c1cccc(C3([C@@H](F)c4nncn4C)COC3)c1)C2=O. The lowest BCUT2D eigenvalue weighted by Gasteiger charge is -2.43. The Kier molecular flexibility index (Phi) is 7.58. The fourth-order valence-corrected chi connectivity index (χ4v) is 6.61. The third-order valence-corrected chi connectivity index (χ3v) is 9.21. The number of anilines is 1. The van der Waals surface area contributed by atoms with Gasteiger partial charge in [0.2, 0.25) is 0 Å². The van der Waals surface area contributed by atoms with Crippen molar-refractivity contribution in [3.63, 3.8) is 0 Å². The molecule has 2 saturated heterocycles. The highest BCUT2D eigenvalue weighted by Gasteiger charge is 2.51. The predicted octanol–water partition coefficient (Wildman–Crippen LogP) is 4.75. The van der Waals surface area contributed by atoms with E-state index in [1.54, 1.807) is 37.4 Å². The third-order valence-electron chi connectivity index (χ3n) is 9.21. The zero-order valence-corrected chi connectivity index (χ0v) is 24.7. The molecular weight excluding hydrogens is 564 g/mol. The zero-order chi connectivity index (χ0) is 30.7. The van der Waals surface area contributed by atoms with Crippen molar-refractivity contribution in [2.75, 3.05) is 44.8 Å². The molecule has 2 fully saturated rings. The van der Waals surface area contributed by atoms with Crippen LogP contribution in [0.25, 0.3) is 0 Å². The molecule has 0 bridgehead atoms. The van der Waals surface area contributed by atoms with E-state index in [2.05, 4.69) is 40.9 Å². The van der Waals surface area contributed by atoms with Gasteiger partial charge in [-0.25, -0.2) is 4.39 Å². The van der Waals surface area contributed by atoms with Crippen molar-refractivity contribution in [2.24, 2.45) is 13.0 Å². The Labute approximate surface area is 248 Å². The van der Waals surface area contributed by atoms with E-state index in [1.165, 1.54) is 21.9 Å². The topological polar surface area (TPSA) is 66.7 Å². The van der Waals surface area contributed by atoms with E-state index in [-0.39, 0.29) is 42.8 Å². The van der Waals surface area contributed by atoms with Crippen LogP contribution in [0.1, 0.15) is 58.5 Å². The molecule has 1 unspecified atom stereocenters. The van der Waals surface area contributed by atoms with Crippen molar-refractivity contribution in [1.29, 1.82) is 0 Å². The van der Waals surface area contributed by atoms with Crippen molar-refractivity contribution in [2.45, 2.75) is 50.7 Å². The van der Waals surface area contributed by atoms with E-state index in [4.69, 9.17) is 4.74 Å². The van der Waals surface area contributed by atoms with Gasteiger partial charge < -0.3 is 19.1 Å². The number of carbonyl (C=O) groups is 1. The van der Waals surface area contributed by atoms with E-state index in [0.717, 1.165) is 19.6 Å². The predicted molar refractivity (Wildman–Crippen MR) is 152 cm³/mol. The Morgan fingerprint density at radius 2 is 1.88 bits per heavy atom. The number of hydrogen-bond donors (Lipinski definition) is 0. The maximum absolute atomic E-state index is 15.9. The van der Waals surface area contributed by atoms with Crippen molar-refractivity contribution >= 4 is 11.6 Å². The lowest BCUT2D eigenvalue weighted by atomic mass is 9.74. The molecule has 6 rings (SSSR count). The molecule has 0 aliphatic carbocycles. The van der Waals surface area contributed by atoms with Crippen LogP contribution in [0.4, 0.5) is 23.2 Å². The number of nitrogens with zero attached hydrogens (tertiary/aromatic N) is 6. The van der Waals surface area contributed by atoms with Gasteiger partial charge in [0.1, 0.15) is 6.33 Å². The van der Waals surface area contributed by atoms with Gasteiger partial charge in [0.25, 0.3) is 5.91 Å². The summed E-state index contributed by atoms with van der Waals surface area (Å²) in [6, 6.07) is 9.82. The lowest BCUT2D eigenvalue weighted by molar-refractivity contribution is -0.138. The highest BCUT2D eigenvalue weighted by molar-refractivity contribution is 6.10. The number of likely N-dealkylation sites (N-methyl/N-ethyl adjacent to an activating group) is 1. The van der Waals surface area contributed by atoms with Crippen LogP contribution in [0.5, 0.6) is 0 Å². The van der Waals surface area contributed by atoms with Gasteiger partial charge in [-0.05, 0) is 53.9 Å². The second-order valence-corrected chi connectivity index (χ2v) is 12.5. The Morgan fingerprint density at radius 3 is 2.51 bits per heavy atom. The summed E-state index contributed by atoms with van der Waals surface area (Å²) in [4.78, 5) is 19.6. The fourth-order valence-electron chi connectivity index (χ4n) is 6.61. The summed E-state index contributed by atoms with van der Waals surface area (Å²) < 4.78 is 66.1. The van der Waals surface area contributed by atoms with Crippen LogP contribution in [-0.2, 0) is 36.5 Å². The molecule has 0 saturated carbocycles. The maximum Gasteiger partial charge on any atom is 0.416 e. The third kappa shape index (κ3) is 5.23. The molecule has 0 radical (unpaired) electrons. The van der Waals surface area contributed by atoms with Crippen LogP contribution >= 0.6 is 0 Å². The van der Waals surface area contributed by atoms with Gasteiger partial charge in [-0.1, -0.05) is 26.0 Å². The van der Waals surface area contributed by atoms with Crippen molar-refractivity contribution in [3.8, 4) is 0 Å². The summed E-state index contributed by atoms with van der Waals surface area (Å²) in [5.74, 6) is -0.0198. The molecule has 1 amide bonds. The first-order valence-corrected chi connectivity index (χ1v) is 14.5. The quantitative estimate of drug-likeness (QED) is 0.365. The van der Waals surface area contributed by atoms with E-state index in [9.17, 15) is 18.0 Å². The summed E-state index contributed by atoms with van der Waals surface area (Å²) >= 11 is 0. The van der Waals surface area contributed by atoms with E-state index in [1.807, 2.05) is 0 Å². The number of halogens is 4. The number of carbonyl (C=O) groups excluding carboxylic acids is 1. The zero-order valence-electron chi connectivity index (χ0n) is 24.7. The molecule has 3 aromatic rings. The Bertz CT molecular complexity index is 1520. The minimum Gasteiger partial charge on any atom is -0.379 e. The van der Waals surface area contributed by atoms with E-state index >= 15 is 4.39 Å². The standard InChI is InChI=1S/C31H36F4N6O2/c1-19(2)26-15-38(3)8-9-40(26)13-20-10-23-24(25(11-20)31(33,34)35)14-41(29(23)42)22-7-5-6-21(12-22)30(16-43-17-30)27(32)28-37-36-18-39(28)4/h5-7,10-12,18-19,26-27H,8-9,13-17H2,1-4H3/t26?,27-/m0/s1. The number of hydrogen-bond acceptors (Lipinski definition) is 6. The average molecular weight is 601 g/mol. The lowest BCUT2D eigenvalue weighted by Crippen LogP contribution is -2.53. The van der Waals surface area contributed by atoms with Crippen molar-refractivity contribution in [3.05, 3.63) is 76.4 Å². The van der Waals surface area contributed by atoms with Gasteiger partial charge in [-0.2, -0.15) is 13.2 Å². The second-order valence-electron chi connectivity index (χ2n) is 12.5. The normalized spacial score (nSPS) is 21.7. The van der Waals surface area contributed by atoms with Crippen LogP contribution < -0.4 is 4.90 Å².